The lowest BCUT2D eigenvalue weighted by Gasteiger charge is -2.10. The second-order valence-corrected chi connectivity index (χ2v) is 4.98. The van der Waals surface area contributed by atoms with Gasteiger partial charge in [0, 0.05) is 0 Å². The van der Waals surface area contributed by atoms with Gasteiger partial charge in [0.05, 0.1) is 18.9 Å². The number of hydrogen-bond donors (Lipinski definition) is 1. The Bertz CT molecular complexity index is 866. The predicted molar refractivity (Wildman–Crippen MR) is 92.0 cm³/mol. The zero-order valence-corrected chi connectivity index (χ0v) is 14.2. The number of amides is 1. The largest absolute Gasteiger partial charge is 0.493 e. The van der Waals surface area contributed by atoms with Gasteiger partial charge in [-0.1, -0.05) is 12.1 Å². The summed E-state index contributed by atoms with van der Waals surface area (Å²) in [7, 11) is 1.31. The molecular weight excluding hydrogens is 360 g/mol. The minimum atomic E-state index is -2.97. The van der Waals surface area contributed by atoms with Crippen molar-refractivity contribution in [2.45, 2.75) is 6.61 Å². The van der Waals surface area contributed by atoms with Crippen molar-refractivity contribution < 1.29 is 27.8 Å². The number of nitrogens with one attached hydrogen (secondary N) is 1. The van der Waals surface area contributed by atoms with Crippen LogP contribution < -0.4 is 19.6 Å². The molecule has 0 unspecified atom stereocenters. The van der Waals surface area contributed by atoms with E-state index in [0.717, 1.165) is 0 Å². The van der Waals surface area contributed by atoms with Gasteiger partial charge in [-0.25, -0.2) is 5.43 Å². The van der Waals surface area contributed by atoms with Gasteiger partial charge in [0.2, 0.25) is 0 Å². The molecule has 0 aliphatic rings. The van der Waals surface area contributed by atoms with E-state index in [2.05, 4.69) is 15.3 Å². The first-order valence-corrected chi connectivity index (χ1v) is 7.60. The van der Waals surface area contributed by atoms with Gasteiger partial charge in [0.1, 0.15) is 11.8 Å². The van der Waals surface area contributed by atoms with Crippen LogP contribution in [-0.4, -0.2) is 32.4 Å². The Kier molecular flexibility index (Phi) is 7.07. The summed E-state index contributed by atoms with van der Waals surface area (Å²) < 4.78 is 39.1. The molecule has 27 heavy (non-hydrogen) atoms. The number of carbonyl (C=O) groups is 1. The van der Waals surface area contributed by atoms with Gasteiger partial charge in [-0.3, -0.25) is 4.79 Å². The molecule has 0 fully saturated rings. The van der Waals surface area contributed by atoms with E-state index in [1.165, 1.54) is 31.5 Å². The van der Waals surface area contributed by atoms with Gasteiger partial charge in [0.15, 0.2) is 18.1 Å². The maximum atomic E-state index is 12.3. The van der Waals surface area contributed by atoms with Gasteiger partial charge in [-0.15, -0.1) is 0 Å². The highest BCUT2D eigenvalue weighted by atomic mass is 19.3. The minimum Gasteiger partial charge on any atom is -0.493 e. The van der Waals surface area contributed by atoms with E-state index in [1.807, 2.05) is 6.07 Å². The molecule has 0 saturated carbocycles. The molecule has 0 radical (unpaired) electrons. The molecule has 0 aliphatic carbocycles. The summed E-state index contributed by atoms with van der Waals surface area (Å²) in [6.45, 7) is -3.30. The number of hydrazone groups is 1. The number of nitriles is 1. The average molecular weight is 375 g/mol. The first-order chi connectivity index (χ1) is 13.0. The van der Waals surface area contributed by atoms with E-state index >= 15 is 0 Å². The number of nitrogens with zero attached hydrogens (tertiary/aromatic N) is 2. The standard InChI is InChI=1S/C18H15F2N3O4/c1-25-16-8-12(6-7-15(16)27-18(19)20)10-22-23-17(24)11-26-14-5-3-2-4-13(14)9-21/h2-8,10,18H,11H2,1H3,(H,23,24)/b22-10-. The van der Waals surface area contributed by atoms with Crippen LogP contribution in [0, 0.1) is 11.3 Å². The van der Waals surface area contributed by atoms with Crippen LogP contribution in [0.5, 0.6) is 17.2 Å². The lowest BCUT2D eigenvalue weighted by Crippen LogP contribution is -2.24. The van der Waals surface area contributed by atoms with Crippen LogP contribution in [0.1, 0.15) is 11.1 Å². The molecule has 2 rings (SSSR count). The van der Waals surface area contributed by atoms with Gasteiger partial charge in [-0.05, 0) is 35.9 Å². The van der Waals surface area contributed by atoms with Crippen LogP contribution in [0.4, 0.5) is 8.78 Å². The van der Waals surface area contributed by atoms with Crippen LogP contribution >= 0.6 is 0 Å². The molecular formula is C18H15F2N3O4. The maximum absolute atomic E-state index is 12.3. The minimum absolute atomic E-state index is 0.0991. The van der Waals surface area contributed by atoms with Crippen LogP contribution in [-0.2, 0) is 4.79 Å². The van der Waals surface area contributed by atoms with Crippen LogP contribution in [0.15, 0.2) is 47.6 Å². The van der Waals surface area contributed by atoms with E-state index < -0.39 is 12.5 Å². The van der Waals surface area contributed by atoms with E-state index in [-0.39, 0.29) is 18.1 Å². The SMILES string of the molecule is COc1cc(/C=N\NC(=O)COc2ccccc2C#N)ccc1OC(F)F. The zero-order chi connectivity index (χ0) is 19.6. The fraction of sp³-hybridized carbons (Fsp3) is 0.167. The lowest BCUT2D eigenvalue weighted by molar-refractivity contribution is -0.123. The van der Waals surface area contributed by atoms with Crippen molar-refractivity contribution in [3.8, 4) is 23.3 Å². The van der Waals surface area contributed by atoms with E-state index in [9.17, 15) is 13.6 Å². The number of carbonyl (C=O) groups excluding carboxylic acids is 1. The van der Waals surface area contributed by atoms with Crippen molar-refractivity contribution in [1.29, 1.82) is 5.26 Å². The predicted octanol–water partition coefficient (Wildman–Crippen LogP) is 2.70. The summed E-state index contributed by atoms with van der Waals surface area (Å²) in [6, 6.07) is 12.7. The molecule has 7 nitrogen and oxygen atoms in total. The fourth-order valence-electron chi connectivity index (χ4n) is 2.00. The van der Waals surface area contributed by atoms with Crippen molar-refractivity contribution in [2.24, 2.45) is 5.10 Å². The highest BCUT2D eigenvalue weighted by molar-refractivity contribution is 5.83. The molecule has 0 aromatic heterocycles. The molecule has 0 aliphatic heterocycles. The van der Waals surface area contributed by atoms with E-state index in [1.54, 1.807) is 24.3 Å². The Balaban J connectivity index is 1.91. The molecule has 0 saturated heterocycles. The molecule has 2 aromatic rings. The third-order valence-electron chi connectivity index (χ3n) is 3.17. The molecule has 0 heterocycles. The summed E-state index contributed by atoms with van der Waals surface area (Å²) in [5, 5.41) is 12.7. The normalized spacial score (nSPS) is 10.5. The van der Waals surface area contributed by atoms with E-state index in [4.69, 9.17) is 14.7 Å². The topological polar surface area (TPSA) is 92.9 Å². The number of methoxy groups -OCH3 is 1. The van der Waals surface area contributed by atoms with Gasteiger partial charge < -0.3 is 14.2 Å². The number of benzene rings is 2. The van der Waals surface area contributed by atoms with Gasteiger partial charge >= 0.3 is 6.61 Å². The van der Waals surface area contributed by atoms with E-state index in [0.29, 0.717) is 16.9 Å². The highest BCUT2D eigenvalue weighted by Gasteiger charge is 2.10. The summed E-state index contributed by atoms with van der Waals surface area (Å²) in [4.78, 5) is 11.7. The number of hydrogen-bond acceptors (Lipinski definition) is 6. The second kappa shape index (κ2) is 9.72. The third kappa shape index (κ3) is 5.97. The average Bonchev–Trinajstić information content (AvgIpc) is 2.67. The summed E-state index contributed by atoms with van der Waals surface area (Å²) in [6.07, 6.45) is 1.30. The second-order valence-electron chi connectivity index (χ2n) is 4.98. The highest BCUT2D eigenvalue weighted by Crippen LogP contribution is 2.28. The molecule has 0 bridgehead atoms. The monoisotopic (exact) mass is 375 g/mol. The number of para-hydroxylation sites is 1. The molecule has 1 amide bonds. The number of rotatable bonds is 8. The number of ether oxygens (including phenoxy) is 3. The van der Waals surface area contributed by atoms with Crippen LogP contribution in [0.3, 0.4) is 0 Å². The molecule has 2 aromatic carbocycles. The maximum Gasteiger partial charge on any atom is 0.387 e. The van der Waals surface area contributed by atoms with Crippen LogP contribution in [0.2, 0.25) is 0 Å². The first-order valence-electron chi connectivity index (χ1n) is 7.60. The Morgan fingerprint density at radius 2 is 2.04 bits per heavy atom. The molecule has 0 spiro atoms. The lowest BCUT2D eigenvalue weighted by atomic mass is 10.2. The smallest absolute Gasteiger partial charge is 0.387 e. The Hall–Kier alpha value is -3.67. The number of alkyl halides is 2. The Morgan fingerprint density at radius 3 is 2.74 bits per heavy atom. The Labute approximate surface area is 153 Å². The number of halogens is 2. The quantitative estimate of drug-likeness (QED) is 0.566. The fourth-order valence-corrected chi connectivity index (χ4v) is 2.00. The molecule has 1 N–H and O–H groups in total. The molecule has 9 heteroatoms. The molecule has 0 atom stereocenters. The van der Waals surface area contributed by atoms with Crippen LogP contribution in [0.25, 0.3) is 0 Å². The Morgan fingerprint density at radius 1 is 1.26 bits per heavy atom. The zero-order valence-electron chi connectivity index (χ0n) is 14.2. The molecule has 140 valence electrons. The first kappa shape index (κ1) is 19.7. The summed E-state index contributed by atoms with van der Waals surface area (Å²) in [5.74, 6) is -0.262. The van der Waals surface area contributed by atoms with Crippen molar-refractivity contribution in [3.05, 3.63) is 53.6 Å². The van der Waals surface area contributed by atoms with Gasteiger partial charge in [0.25, 0.3) is 5.91 Å². The van der Waals surface area contributed by atoms with Crippen molar-refractivity contribution >= 4 is 12.1 Å². The summed E-state index contributed by atoms with van der Waals surface area (Å²) >= 11 is 0. The van der Waals surface area contributed by atoms with Crippen molar-refractivity contribution in [3.63, 3.8) is 0 Å². The van der Waals surface area contributed by atoms with Crippen molar-refractivity contribution in [2.75, 3.05) is 13.7 Å². The summed E-state index contributed by atoms with van der Waals surface area (Å²) in [5.41, 5.74) is 3.06. The van der Waals surface area contributed by atoms with Crippen molar-refractivity contribution in [1.82, 2.24) is 5.43 Å². The third-order valence-corrected chi connectivity index (χ3v) is 3.17. The van der Waals surface area contributed by atoms with Gasteiger partial charge in [-0.2, -0.15) is 19.1 Å².